The average molecular weight is 1590 g/mol. The first-order chi connectivity index (χ1) is 55.1. The van der Waals surface area contributed by atoms with Crippen LogP contribution in [0.1, 0.15) is 207 Å². The Morgan fingerprint density at radius 1 is 0.416 bits per heavy atom. The molecule has 3 aliphatic carbocycles. The number of rotatable bonds is 35. The zero-order valence-electron chi connectivity index (χ0n) is 68.7. The van der Waals surface area contributed by atoms with Crippen LogP contribution in [0.25, 0.3) is 0 Å². The number of primary amides is 1. The fourth-order valence-corrected chi connectivity index (χ4v) is 16.6. The lowest BCUT2D eigenvalue weighted by atomic mass is 9.79. The van der Waals surface area contributed by atoms with Crippen LogP contribution in [0.3, 0.4) is 0 Å². The Hall–Kier alpha value is -7.86. The molecular weight excluding hydrogens is 1460 g/mol. The molecule has 10 rings (SSSR count). The molecule has 6 aromatic carbocycles. The molecule has 6 aromatic rings. The van der Waals surface area contributed by atoms with Crippen LogP contribution in [0, 0.1) is 17.8 Å². The topological polar surface area (TPSA) is 261 Å². The van der Waals surface area contributed by atoms with Gasteiger partial charge in [0.25, 0.3) is 0 Å². The quantitative estimate of drug-likeness (QED) is 0.0141. The predicted molar refractivity (Wildman–Crippen MR) is 460 cm³/mol. The van der Waals surface area contributed by atoms with Gasteiger partial charge in [-0.25, -0.2) is 4.99 Å². The van der Waals surface area contributed by atoms with E-state index in [-0.39, 0.29) is 63.1 Å². The number of nitrogens with zero attached hydrogens (tertiary/aromatic N) is 1. The van der Waals surface area contributed by atoms with E-state index in [0.29, 0.717) is 104 Å². The lowest BCUT2D eigenvalue weighted by molar-refractivity contribution is -0.127. The highest BCUT2D eigenvalue weighted by Crippen LogP contribution is 2.56. The van der Waals surface area contributed by atoms with Crippen molar-refractivity contribution in [3.05, 3.63) is 215 Å². The molecule has 0 radical (unpaired) electrons. The summed E-state index contributed by atoms with van der Waals surface area (Å²) in [5, 5.41) is 12.5. The van der Waals surface area contributed by atoms with E-state index in [0.717, 1.165) is 129 Å². The maximum atomic E-state index is 13.5. The van der Waals surface area contributed by atoms with Crippen LogP contribution in [0.4, 0.5) is 0 Å². The minimum Gasteiger partial charge on any atom is -0.382 e. The summed E-state index contributed by atoms with van der Waals surface area (Å²) >= 11 is 3.89. The van der Waals surface area contributed by atoms with E-state index in [1.54, 1.807) is 21.3 Å². The van der Waals surface area contributed by atoms with Gasteiger partial charge in [0, 0.05) is 120 Å². The van der Waals surface area contributed by atoms with Crippen molar-refractivity contribution < 1.29 is 62.0 Å². The fraction of sp³-hybridized carbons (Fsp3) is 0.522. The molecule has 1 aliphatic heterocycles. The Labute approximate surface area is 684 Å². The molecule has 4 fully saturated rings. The van der Waals surface area contributed by atoms with Crippen molar-refractivity contribution in [3.8, 4) is 0 Å². The monoisotopic (exact) mass is 1590 g/mol. The molecule has 113 heavy (non-hydrogen) atoms. The molecule has 19 nitrogen and oxygen atoms in total. The van der Waals surface area contributed by atoms with Crippen LogP contribution in [-0.2, 0) is 62.7 Å². The van der Waals surface area contributed by atoms with Gasteiger partial charge in [-0.3, -0.25) is 33.6 Å². The Kier molecular flexibility index (Phi) is 53.1. The van der Waals surface area contributed by atoms with Crippen molar-refractivity contribution in [2.75, 3.05) is 112 Å². The molecule has 0 unspecified atom stereocenters. The molecule has 6 amide bonds. The second kappa shape index (κ2) is 61.6. The molecule has 1 saturated heterocycles. The van der Waals surface area contributed by atoms with E-state index in [4.69, 9.17) is 34.2 Å². The fourth-order valence-electron chi connectivity index (χ4n) is 13.2. The van der Waals surface area contributed by atoms with E-state index >= 15 is 0 Å². The standard InChI is InChI=1S/C29H38N2O2S2.C24H28N2O2.C13H10O.C11H20N2O2.3C5H12O2/c1-28(34-21-12-22-35-28)29(24-15-7-3-8-16-24,25-17-9-4-10-18-25)31-26(32)19-11-20-30-27(33)23-13-5-2-6-14-23;27-22(17-10-18-25-24(28)21-15-8-3-9-16-21)26-23(19-11-4-1-5-12-19)20-13-6-2-7-14-20;14-13(11-7-3-1-4-8-11)12-9-5-2-6-10-12;12-10(14)7-4-8-13-11(15)9-5-2-1-3-6-9;3*1-3-7-5-4-6-2/h3-4,7-10,15-18,23H,2,5-6,11-14,19-22H2,1H3,(H,30,33)(H,31,32);1-2,4-7,11-14,21H,3,8-10,15-18H2,(H,25,28);1-10H;9H,1-8H2,(H2,12,14)(H,13,15);3*3-5H2,1-2H3. The number of carbonyl (C=O) groups excluding carboxylic acids is 7. The van der Waals surface area contributed by atoms with Gasteiger partial charge in [0.2, 0.25) is 35.4 Å². The molecule has 6 N–H and O–H groups in total. The number of nitrogens with one attached hydrogen (secondary N) is 4. The SMILES string of the molecule is CC1(C(NC(=O)CCCNC(=O)C2CCCCC2)(c2ccccc2)c2ccccc2)SCCCS1.CCOCCOC.CCOCCOC.CCOCCOC.NC(=O)CCCNC(=O)C1CCCCC1.O=C(CCCNC(=O)C1CCCCC1)N=C(c1ccccc1)c1ccccc1.O=C(c1ccccc1)c1ccccc1. The van der Waals surface area contributed by atoms with Crippen LogP contribution in [-0.4, -0.2) is 163 Å². The van der Waals surface area contributed by atoms with Crippen molar-refractivity contribution in [1.29, 1.82) is 0 Å². The summed E-state index contributed by atoms with van der Waals surface area (Å²) in [6.07, 6.45) is 20.8. The summed E-state index contributed by atoms with van der Waals surface area (Å²) in [4.78, 5) is 88.9. The number of aliphatic imine (C=N–C) groups is 1. The van der Waals surface area contributed by atoms with E-state index in [1.807, 2.05) is 178 Å². The van der Waals surface area contributed by atoms with E-state index in [9.17, 15) is 33.6 Å². The number of hydrogen-bond acceptors (Lipinski definition) is 15. The van der Waals surface area contributed by atoms with Gasteiger partial charge in [-0.1, -0.05) is 240 Å². The number of carbonyl (C=O) groups is 7. The minimum atomic E-state index is -0.659. The normalized spacial score (nSPS) is 14.5. The summed E-state index contributed by atoms with van der Waals surface area (Å²) in [5.41, 5.74) is 10.6. The van der Waals surface area contributed by atoms with Crippen molar-refractivity contribution >= 4 is 70.5 Å². The highest BCUT2D eigenvalue weighted by Gasteiger charge is 2.53. The van der Waals surface area contributed by atoms with Crippen LogP contribution < -0.4 is 27.0 Å². The van der Waals surface area contributed by atoms with Gasteiger partial charge in [-0.2, -0.15) is 0 Å². The molecule has 21 heteroatoms. The number of ketones is 1. The van der Waals surface area contributed by atoms with E-state index in [1.165, 1.54) is 38.5 Å². The summed E-state index contributed by atoms with van der Waals surface area (Å²) in [7, 11) is 5.00. The molecule has 0 aromatic heterocycles. The zero-order valence-corrected chi connectivity index (χ0v) is 70.3. The molecule has 0 spiro atoms. The Balaban J connectivity index is 0.000000305. The lowest BCUT2D eigenvalue weighted by Crippen LogP contribution is -2.59. The van der Waals surface area contributed by atoms with E-state index < -0.39 is 5.54 Å². The Morgan fingerprint density at radius 3 is 1.04 bits per heavy atom. The van der Waals surface area contributed by atoms with Crippen LogP contribution in [0.2, 0.25) is 0 Å². The predicted octanol–water partition coefficient (Wildman–Crippen LogP) is 16.5. The summed E-state index contributed by atoms with van der Waals surface area (Å²) in [5.74, 6) is 2.77. The van der Waals surface area contributed by atoms with Gasteiger partial charge in [0.1, 0.15) is 5.54 Å². The second-order valence-electron chi connectivity index (χ2n) is 27.9. The zero-order chi connectivity index (χ0) is 81.7. The van der Waals surface area contributed by atoms with Gasteiger partial charge in [-0.15, -0.1) is 23.5 Å². The highest BCUT2D eigenvalue weighted by molar-refractivity contribution is 8.18. The van der Waals surface area contributed by atoms with Crippen LogP contribution >= 0.6 is 23.5 Å². The maximum absolute atomic E-state index is 13.5. The second-order valence-corrected chi connectivity index (χ2v) is 31.2. The molecule has 620 valence electrons. The minimum absolute atomic E-state index is 0.0256. The van der Waals surface area contributed by atoms with Gasteiger partial charge in [-0.05, 0) is 115 Å². The van der Waals surface area contributed by atoms with E-state index in [2.05, 4.69) is 81.7 Å². The number of hydrogen-bond donors (Lipinski definition) is 5. The number of nitrogens with two attached hydrogens (primary N) is 1. The number of amides is 6. The molecule has 1 heterocycles. The number of benzene rings is 6. The molecule has 0 bridgehead atoms. The summed E-state index contributed by atoms with van der Waals surface area (Å²) in [6.45, 7) is 16.4. The number of methoxy groups -OCH3 is 3. The average Bonchev–Trinajstić information content (AvgIpc) is 0.729. The largest absolute Gasteiger partial charge is 0.382 e. The summed E-state index contributed by atoms with van der Waals surface area (Å²) < 4.78 is 28.8. The lowest BCUT2D eigenvalue weighted by Gasteiger charge is -2.50. The third-order valence-electron chi connectivity index (χ3n) is 19.3. The first-order valence-electron chi connectivity index (χ1n) is 41.0. The third-order valence-corrected chi connectivity index (χ3v) is 22.8. The number of thioether (sulfide) groups is 2. The molecular formula is C92H132N6O13S2. The van der Waals surface area contributed by atoms with Gasteiger partial charge in [0.15, 0.2) is 5.78 Å². The van der Waals surface area contributed by atoms with Crippen molar-refractivity contribution in [2.45, 2.75) is 179 Å². The molecule has 0 atom stereocenters. The van der Waals surface area contributed by atoms with Gasteiger partial charge < -0.3 is 55.4 Å². The highest BCUT2D eigenvalue weighted by atomic mass is 32.2. The number of ether oxygens (including phenoxy) is 6. The Bertz CT molecular complexity index is 3350. The van der Waals surface area contributed by atoms with Crippen molar-refractivity contribution in [1.82, 2.24) is 21.3 Å². The maximum Gasteiger partial charge on any atom is 0.246 e. The van der Waals surface area contributed by atoms with Gasteiger partial charge >= 0.3 is 0 Å². The van der Waals surface area contributed by atoms with Crippen LogP contribution in [0.5, 0.6) is 0 Å². The Morgan fingerprint density at radius 2 is 0.726 bits per heavy atom. The van der Waals surface area contributed by atoms with Crippen molar-refractivity contribution in [2.24, 2.45) is 28.5 Å². The summed E-state index contributed by atoms with van der Waals surface area (Å²) in [6, 6.07) is 59.0. The third kappa shape index (κ3) is 39.8. The first-order valence-corrected chi connectivity index (χ1v) is 43.0. The van der Waals surface area contributed by atoms with Gasteiger partial charge in [0.05, 0.1) is 49.4 Å². The first kappa shape index (κ1) is 97.5. The molecule has 4 aliphatic rings. The smallest absolute Gasteiger partial charge is 0.246 e. The molecule has 3 saturated carbocycles. The van der Waals surface area contributed by atoms with Crippen LogP contribution in [0.15, 0.2) is 187 Å². The van der Waals surface area contributed by atoms with Crippen molar-refractivity contribution in [3.63, 3.8) is 0 Å².